The van der Waals surface area contributed by atoms with Crippen LogP contribution in [0.15, 0.2) is 53.1 Å². The molecule has 0 aliphatic carbocycles. The van der Waals surface area contributed by atoms with Gasteiger partial charge in [-0.3, -0.25) is 14.5 Å². The molecule has 3 aromatic rings. The Morgan fingerprint density at radius 2 is 1.84 bits per heavy atom. The van der Waals surface area contributed by atoms with Crippen molar-refractivity contribution < 1.29 is 18.7 Å². The third kappa shape index (κ3) is 5.41. The van der Waals surface area contributed by atoms with Crippen LogP contribution < -0.4 is 10.6 Å². The van der Waals surface area contributed by atoms with Gasteiger partial charge in [-0.25, -0.2) is 0 Å². The summed E-state index contributed by atoms with van der Waals surface area (Å²) in [5, 5.41) is 6.41. The van der Waals surface area contributed by atoms with Crippen molar-refractivity contribution in [3.05, 3.63) is 76.1 Å². The summed E-state index contributed by atoms with van der Waals surface area (Å²) in [5.74, 6) is -0.258. The average molecular weight is 440 g/mol. The number of hydrogen-bond donors (Lipinski definition) is 2. The molecule has 0 saturated carbocycles. The minimum atomic E-state index is -0.338. The van der Waals surface area contributed by atoms with Crippen LogP contribution in [0.5, 0.6) is 0 Å². The molecule has 162 valence electrons. The number of nitrogens with one attached hydrogen (secondary N) is 2. The van der Waals surface area contributed by atoms with Crippen LogP contribution in [0.1, 0.15) is 36.9 Å². The van der Waals surface area contributed by atoms with E-state index in [1.165, 1.54) is 23.2 Å². The smallest absolute Gasteiger partial charge is 0.291 e. The molecule has 31 heavy (non-hydrogen) atoms. The van der Waals surface area contributed by atoms with E-state index in [2.05, 4.69) is 21.6 Å². The first-order valence-corrected chi connectivity index (χ1v) is 11.0. The van der Waals surface area contributed by atoms with E-state index in [4.69, 9.17) is 9.15 Å². The maximum atomic E-state index is 12.8. The second-order valence-corrected chi connectivity index (χ2v) is 8.45. The van der Waals surface area contributed by atoms with E-state index in [0.29, 0.717) is 16.4 Å². The predicted octanol–water partition coefficient (Wildman–Crippen LogP) is 3.66. The second-order valence-electron chi connectivity index (χ2n) is 7.39. The van der Waals surface area contributed by atoms with E-state index in [-0.39, 0.29) is 17.6 Å². The normalized spacial score (nSPS) is 14.4. The molecule has 3 heterocycles. The Labute approximate surface area is 185 Å². The van der Waals surface area contributed by atoms with Gasteiger partial charge in [0.25, 0.3) is 11.8 Å². The van der Waals surface area contributed by atoms with Crippen LogP contribution in [0.4, 0.5) is 5.00 Å². The van der Waals surface area contributed by atoms with Gasteiger partial charge in [-0.15, -0.1) is 11.3 Å². The molecule has 2 N–H and O–H groups in total. The number of aryl methyl sites for hydroxylation is 1. The van der Waals surface area contributed by atoms with E-state index in [0.717, 1.165) is 44.0 Å². The number of furan rings is 1. The van der Waals surface area contributed by atoms with Crippen LogP contribution in [0.25, 0.3) is 0 Å². The lowest BCUT2D eigenvalue weighted by Crippen LogP contribution is -2.36. The molecule has 0 bridgehead atoms. The number of anilines is 1. The molecule has 0 radical (unpaired) electrons. The van der Waals surface area contributed by atoms with Crippen LogP contribution in [0, 0.1) is 6.92 Å². The topological polar surface area (TPSA) is 83.8 Å². The van der Waals surface area contributed by atoms with Crippen molar-refractivity contribution in [1.29, 1.82) is 0 Å². The van der Waals surface area contributed by atoms with E-state index in [1.807, 2.05) is 25.1 Å². The monoisotopic (exact) mass is 439 g/mol. The third-order valence-corrected chi connectivity index (χ3v) is 6.31. The Morgan fingerprint density at radius 3 is 2.58 bits per heavy atom. The first-order chi connectivity index (χ1) is 15.1. The van der Waals surface area contributed by atoms with Gasteiger partial charge in [-0.05, 0) is 41.8 Å². The minimum Gasteiger partial charge on any atom is -0.459 e. The van der Waals surface area contributed by atoms with Crippen molar-refractivity contribution in [3.8, 4) is 0 Å². The molecule has 1 aliphatic heterocycles. The van der Waals surface area contributed by atoms with Gasteiger partial charge in [0.05, 0.1) is 29.4 Å². The number of carbonyl (C=O) groups excluding carboxylic acids is 2. The Bertz CT molecular complexity index is 1040. The lowest BCUT2D eigenvalue weighted by Gasteiger charge is -2.27. The van der Waals surface area contributed by atoms with Crippen molar-refractivity contribution in [1.82, 2.24) is 10.2 Å². The van der Waals surface area contributed by atoms with Crippen LogP contribution in [-0.4, -0.2) is 43.0 Å². The lowest BCUT2D eigenvalue weighted by atomic mass is 10.1. The fourth-order valence-electron chi connectivity index (χ4n) is 3.49. The van der Waals surface area contributed by atoms with Gasteiger partial charge in [0.2, 0.25) is 0 Å². The maximum Gasteiger partial charge on any atom is 0.291 e. The zero-order valence-electron chi connectivity index (χ0n) is 17.3. The number of thiophene rings is 1. The Hall–Kier alpha value is -2.94. The Kier molecular flexibility index (Phi) is 6.81. The predicted molar refractivity (Wildman–Crippen MR) is 119 cm³/mol. The zero-order valence-corrected chi connectivity index (χ0v) is 18.2. The molecule has 7 nitrogen and oxygen atoms in total. The average Bonchev–Trinajstić information content (AvgIpc) is 3.44. The maximum absolute atomic E-state index is 12.8. The molecule has 8 heteroatoms. The Balaban J connectivity index is 1.38. The summed E-state index contributed by atoms with van der Waals surface area (Å²) < 4.78 is 10.5. The van der Waals surface area contributed by atoms with Crippen molar-refractivity contribution in [2.75, 3.05) is 31.6 Å². The number of ether oxygens (including phenoxy) is 1. The van der Waals surface area contributed by atoms with E-state index in [9.17, 15) is 9.59 Å². The molecule has 0 spiro atoms. The minimum absolute atomic E-state index is 0.151. The van der Waals surface area contributed by atoms with Gasteiger partial charge in [0, 0.05) is 26.2 Å². The number of benzene rings is 1. The highest BCUT2D eigenvalue weighted by Crippen LogP contribution is 2.27. The van der Waals surface area contributed by atoms with Crippen molar-refractivity contribution in [2.45, 2.75) is 20.0 Å². The molecule has 2 amide bonds. The molecule has 1 aliphatic rings. The van der Waals surface area contributed by atoms with E-state index < -0.39 is 0 Å². The molecular weight excluding hydrogens is 414 g/mol. The number of nitrogens with zero attached hydrogens (tertiary/aromatic N) is 1. The van der Waals surface area contributed by atoms with Crippen molar-refractivity contribution >= 4 is 28.2 Å². The van der Waals surface area contributed by atoms with Crippen LogP contribution in [0.3, 0.4) is 0 Å². The standard InChI is InChI=1S/C23H25N3O4S/c1-16-13-20(25-22(27)19-7-4-10-30-19)31-21(16)23(28)24-14-17-5-2-3-6-18(17)15-26-8-11-29-12-9-26/h2-7,10,13H,8-9,11-12,14-15H2,1H3,(H,24,28)(H,25,27). The summed E-state index contributed by atoms with van der Waals surface area (Å²) in [7, 11) is 0. The van der Waals surface area contributed by atoms with Gasteiger partial charge in [-0.1, -0.05) is 24.3 Å². The number of morpholine rings is 1. The fraction of sp³-hybridized carbons (Fsp3) is 0.304. The summed E-state index contributed by atoms with van der Waals surface area (Å²) >= 11 is 1.25. The highest BCUT2D eigenvalue weighted by atomic mass is 32.1. The second kappa shape index (κ2) is 9.91. The Morgan fingerprint density at radius 1 is 1.06 bits per heavy atom. The molecule has 2 aromatic heterocycles. The van der Waals surface area contributed by atoms with Gasteiger partial charge >= 0.3 is 0 Å². The summed E-state index contributed by atoms with van der Waals surface area (Å²) in [5.41, 5.74) is 3.13. The number of rotatable bonds is 7. The third-order valence-electron chi connectivity index (χ3n) is 5.16. The summed E-state index contributed by atoms with van der Waals surface area (Å²) in [6.07, 6.45) is 1.45. The summed E-state index contributed by atoms with van der Waals surface area (Å²) in [6.45, 7) is 6.51. The van der Waals surface area contributed by atoms with Crippen LogP contribution in [0.2, 0.25) is 0 Å². The lowest BCUT2D eigenvalue weighted by molar-refractivity contribution is 0.0340. The summed E-state index contributed by atoms with van der Waals surface area (Å²) in [6, 6.07) is 13.2. The molecule has 0 unspecified atom stereocenters. The first kappa shape index (κ1) is 21.3. The van der Waals surface area contributed by atoms with E-state index in [1.54, 1.807) is 18.2 Å². The molecule has 0 atom stereocenters. The number of carbonyl (C=O) groups is 2. The SMILES string of the molecule is Cc1cc(NC(=O)c2ccco2)sc1C(=O)NCc1ccccc1CN1CCOCC1. The van der Waals surface area contributed by atoms with E-state index >= 15 is 0 Å². The molecule has 1 fully saturated rings. The van der Waals surface area contributed by atoms with Gasteiger partial charge in [0.15, 0.2) is 5.76 Å². The van der Waals surface area contributed by atoms with Crippen molar-refractivity contribution in [3.63, 3.8) is 0 Å². The van der Waals surface area contributed by atoms with Gasteiger partial charge < -0.3 is 19.8 Å². The summed E-state index contributed by atoms with van der Waals surface area (Å²) in [4.78, 5) is 27.9. The quantitative estimate of drug-likeness (QED) is 0.587. The largest absolute Gasteiger partial charge is 0.459 e. The highest BCUT2D eigenvalue weighted by Gasteiger charge is 2.17. The molecular formula is C23H25N3O4S. The molecule has 1 saturated heterocycles. The first-order valence-electron chi connectivity index (χ1n) is 10.2. The van der Waals surface area contributed by atoms with Crippen LogP contribution >= 0.6 is 11.3 Å². The molecule has 1 aromatic carbocycles. The van der Waals surface area contributed by atoms with Crippen molar-refractivity contribution in [2.24, 2.45) is 0 Å². The molecule has 4 rings (SSSR count). The number of amides is 2. The zero-order chi connectivity index (χ0) is 21.6. The van der Waals surface area contributed by atoms with Gasteiger partial charge in [0.1, 0.15) is 0 Å². The van der Waals surface area contributed by atoms with Crippen LogP contribution in [-0.2, 0) is 17.8 Å². The number of hydrogen-bond acceptors (Lipinski definition) is 6. The fourth-order valence-corrected chi connectivity index (χ4v) is 4.47. The highest BCUT2D eigenvalue weighted by molar-refractivity contribution is 7.18. The van der Waals surface area contributed by atoms with Gasteiger partial charge in [-0.2, -0.15) is 0 Å².